The first-order valence-electron chi connectivity index (χ1n) is 11.7. The van der Waals surface area contributed by atoms with Crippen LogP contribution in [-0.4, -0.2) is 49.9 Å². The maximum Gasteiger partial charge on any atom is 0.179 e. The van der Waals surface area contributed by atoms with Crippen LogP contribution in [-0.2, 0) is 4.74 Å². The number of ether oxygens (including phenoxy) is 1. The Kier molecular flexibility index (Phi) is 5.50. The van der Waals surface area contributed by atoms with Gasteiger partial charge < -0.3 is 15.0 Å². The molecule has 2 atom stereocenters. The lowest BCUT2D eigenvalue weighted by Gasteiger charge is -2.39. The van der Waals surface area contributed by atoms with E-state index in [-0.39, 0.29) is 0 Å². The van der Waals surface area contributed by atoms with Gasteiger partial charge >= 0.3 is 0 Å². The van der Waals surface area contributed by atoms with E-state index in [9.17, 15) is 0 Å². The van der Waals surface area contributed by atoms with Crippen LogP contribution in [0.2, 0.25) is 0 Å². The number of rotatable bonds is 6. The molecule has 4 heterocycles. The Morgan fingerprint density at radius 1 is 1.23 bits per heavy atom. The molecule has 7 nitrogen and oxygen atoms in total. The van der Waals surface area contributed by atoms with Crippen LogP contribution in [0.25, 0.3) is 16.8 Å². The molecule has 0 radical (unpaired) electrons. The number of nitrogens with one attached hydrogen (secondary N) is 2. The Balaban J connectivity index is 0.000000149. The van der Waals surface area contributed by atoms with Gasteiger partial charge in [-0.05, 0) is 50.6 Å². The maximum absolute atomic E-state index is 5.15. The van der Waals surface area contributed by atoms with Crippen molar-refractivity contribution in [2.75, 3.05) is 19.8 Å². The molecule has 0 aromatic carbocycles. The summed E-state index contributed by atoms with van der Waals surface area (Å²) in [5.74, 6) is 3.45. The van der Waals surface area contributed by atoms with Crippen molar-refractivity contribution in [1.29, 1.82) is 0 Å². The highest BCUT2D eigenvalue weighted by molar-refractivity contribution is 5.74. The summed E-state index contributed by atoms with van der Waals surface area (Å²) >= 11 is 0. The molecule has 2 aliphatic carbocycles. The van der Waals surface area contributed by atoms with Crippen molar-refractivity contribution >= 4 is 16.8 Å². The van der Waals surface area contributed by atoms with Crippen LogP contribution in [0.4, 0.5) is 0 Å². The van der Waals surface area contributed by atoms with Gasteiger partial charge in [0.1, 0.15) is 5.82 Å². The first kappa shape index (κ1) is 19.9. The van der Waals surface area contributed by atoms with E-state index >= 15 is 0 Å². The Labute approximate surface area is 178 Å². The van der Waals surface area contributed by atoms with Crippen LogP contribution in [0.15, 0.2) is 18.5 Å². The SMILES string of the molecule is CC1(NCCC2CC2)COC1.CC[C@@H]1CCCC1c1nnc2cnc3[nH]ccc3n12. The molecule has 162 valence electrons. The van der Waals surface area contributed by atoms with Gasteiger partial charge in [0.15, 0.2) is 11.3 Å². The molecule has 3 aromatic rings. The third-order valence-electron chi connectivity index (χ3n) is 7.12. The van der Waals surface area contributed by atoms with Gasteiger partial charge in [-0.1, -0.05) is 32.6 Å². The van der Waals surface area contributed by atoms with Crippen molar-refractivity contribution in [2.45, 2.75) is 70.3 Å². The number of aromatic amines is 1. The minimum absolute atomic E-state index is 0.314. The van der Waals surface area contributed by atoms with E-state index in [1.807, 2.05) is 6.20 Å². The molecule has 0 spiro atoms. The van der Waals surface area contributed by atoms with Crippen LogP contribution in [0, 0.1) is 11.8 Å². The molecular formula is C23H34N6O. The Morgan fingerprint density at radius 2 is 2.10 bits per heavy atom. The number of fused-ring (bicyclic) bond motifs is 3. The number of H-pyrrole nitrogens is 1. The van der Waals surface area contributed by atoms with E-state index in [0.29, 0.717) is 11.5 Å². The summed E-state index contributed by atoms with van der Waals surface area (Å²) in [7, 11) is 0. The fourth-order valence-electron chi connectivity index (χ4n) is 5.00. The highest BCUT2D eigenvalue weighted by atomic mass is 16.5. The molecule has 1 unspecified atom stereocenters. The smallest absolute Gasteiger partial charge is 0.179 e. The molecule has 7 heteroatoms. The zero-order valence-electron chi connectivity index (χ0n) is 18.2. The predicted molar refractivity (Wildman–Crippen MR) is 118 cm³/mol. The normalized spacial score (nSPS) is 25.3. The first-order chi connectivity index (χ1) is 14.7. The number of hydrogen-bond acceptors (Lipinski definition) is 5. The lowest BCUT2D eigenvalue weighted by molar-refractivity contribution is -0.0640. The molecular weight excluding hydrogens is 376 g/mol. The zero-order valence-corrected chi connectivity index (χ0v) is 18.2. The Bertz CT molecular complexity index is 986. The Hall–Kier alpha value is -1.99. The molecule has 30 heavy (non-hydrogen) atoms. The van der Waals surface area contributed by atoms with E-state index < -0.39 is 0 Å². The van der Waals surface area contributed by atoms with E-state index in [1.165, 1.54) is 51.5 Å². The van der Waals surface area contributed by atoms with Gasteiger partial charge in [-0.2, -0.15) is 0 Å². The maximum atomic E-state index is 5.15. The summed E-state index contributed by atoms with van der Waals surface area (Å²) in [6.45, 7) is 7.50. The molecule has 0 bridgehead atoms. The largest absolute Gasteiger partial charge is 0.377 e. The molecule has 6 rings (SSSR count). The number of nitrogens with zero attached hydrogens (tertiary/aromatic N) is 4. The van der Waals surface area contributed by atoms with E-state index in [2.05, 4.69) is 49.8 Å². The second-order valence-electron chi connectivity index (χ2n) is 9.64. The minimum Gasteiger partial charge on any atom is -0.377 e. The molecule has 0 amide bonds. The highest BCUT2D eigenvalue weighted by Crippen LogP contribution is 2.41. The lowest BCUT2D eigenvalue weighted by Crippen LogP contribution is -2.58. The number of hydrogen-bond donors (Lipinski definition) is 2. The summed E-state index contributed by atoms with van der Waals surface area (Å²) < 4.78 is 7.33. The van der Waals surface area contributed by atoms with Gasteiger partial charge in [0.2, 0.25) is 0 Å². The molecule has 1 aliphatic heterocycles. The summed E-state index contributed by atoms with van der Waals surface area (Å²) in [5.41, 5.74) is 3.15. The van der Waals surface area contributed by atoms with Crippen molar-refractivity contribution in [3.8, 4) is 0 Å². The van der Waals surface area contributed by atoms with Crippen molar-refractivity contribution in [1.82, 2.24) is 29.9 Å². The van der Waals surface area contributed by atoms with Crippen LogP contribution in [0.3, 0.4) is 0 Å². The fourth-order valence-corrected chi connectivity index (χ4v) is 5.00. The summed E-state index contributed by atoms with van der Waals surface area (Å²) in [5, 5.41) is 12.3. The fraction of sp³-hybridized carbons (Fsp3) is 0.696. The standard InChI is InChI=1S/C14H17N5.C9H17NO/c1-2-9-4-3-5-10(9)14-18-17-12-8-16-13-11(19(12)14)6-7-15-13;1-9(6-11-7-9)10-5-4-8-2-3-8/h6-10,15H,2-5H2,1H3;8,10H,2-7H2,1H3/t9-,10?;/m1./s1. The van der Waals surface area contributed by atoms with Gasteiger partial charge in [-0.25, -0.2) is 4.98 Å². The summed E-state index contributed by atoms with van der Waals surface area (Å²) in [6.07, 6.45) is 13.1. The monoisotopic (exact) mass is 410 g/mol. The highest BCUT2D eigenvalue weighted by Gasteiger charge is 2.33. The quantitative estimate of drug-likeness (QED) is 0.640. The van der Waals surface area contributed by atoms with Crippen molar-refractivity contribution < 1.29 is 4.74 Å². The molecule has 1 saturated heterocycles. The molecule has 3 aromatic heterocycles. The Morgan fingerprint density at radius 3 is 2.83 bits per heavy atom. The molecule has 3 fully saturated rings. The lowest BCUT2D eigenvalue weighted by atomic mass is 9.93. The molecule has 2 saturated carbocycles. The van der Waals surface area contributed by atoms with Gasteiger partial charge in [-0.15, -0.1) is 10.2 Å². The predicted octanol–water partition coefficient (Wildman–Crippen LogP) is 4.06. The zero-order chi connectivity index (χ0) is 20.6. The van der Waals surface area contributed by atoms with Crippen molar-refractivity contribution in [3.05, 3.63) is 24.3 Å². The minimum atomic E-state index is 0.314. The molecule has 2 N–H and O–H groups in total. The van der Waals surface area contributed by atoms with Crippen LogP contribution in [0.5, 0.6) is 0 Å². The van der Waals surface area contributed by atoms with Crippen LogP contribution >= 0.6 is 0 Å². The van der Waals surface area contributed by atoms with E-state index in [1.54, 1.807) is 6.20 Å². The van der Waals surface area contributed by atoms with Gasteiger partial charge in [0.25, 0.3) is 0 Å². The van der Waals surface area contributed by atoms with Crippen LogP contribution < -0.4 is 5.32 Å². The summed E-state index contributed by atoms with van der Waals surface area (Å²) in [6, 6.07) is 2.05. The van der Waals surface area contributed by atoms with E-state index in [4.69, 9.17) is 4.74 Å². The second-order valence-corrected chi connectivity index (χ2v) is 9.64. The first-order valence-corrected chi connectivity index (χ1v) is 11.7. The average Bonchev–Trinajstić information content (AvgIpc) is 3.13. The van der Waals surface area contributed by atoms with Gasteiger partial charge in [0, 0.05) is 12.1 Å². The summed E-state index contributed by atoms with van der Waals surface area (Å²) in [4.78, 5) is 7.53. The van der Waals surface area contributed by atoms with Gasteiger partial charge in [0.05, 0.1) is 30.5 Å². The van der Waals surface area contributed by atoms with Crippen molar-refractivity contribution in [2.24, 2.45) is 11.8 Å². The third-order valence-corrected chi connectivity index (χ3v) is 7.12. The van der Waals surface area contributed by atoms with Gasteiger partial charge in [-0.3, -0.25) is 4.40 Å². The van der Waals surface area contributed by atoms with Crippen LogP contribution in [0.1, 0.15) is 70.5 Å². The second kappa shape index (κ2) is 8.27. The number of aromatic nitrogens is 5. The molecule has 3 aliphatic rings. The van der Waals surface area contributed by atoms with Crippen molar-refractivity contribution in [3.63, 3.8) is 0 Å². The average molecular weight is 411 g/mol. The topological polar surface area (TPSA) is 80.1 Å². The van der Waals surface area contributed by atoms with E-state index in [0.717, 1.165) is 47.7 Å². The third kappa shape index (κ3) is 3.97.